The highest BCUT2D eigenvalue weighted by Crippen LogP contribution is 2.40. The average Bonchev–Trinajstić information content (AvgIpc) is 2.77. The van der Waals surface area contributed by atoms with Crippen molar-refractivity contribution in [2.75, 3.05) is 18.1 Å². The fourth-order valence-corrected chi connectivity index (χ4v) is 4.24. The van der Waals surface area contributed by atoms with Gasteiger partial charge in [-0.05, 0) is 50.5 Å². The summed E-state index contributed by atoms with van der Waals surface area (Å²) in [6.07, 6.45) is 9.08. The highest BCUT2D eigenvalue weighted by molar-refractivity contribution is 7.99. The molecule has 0 amide bonds. The summed E-state index contributed by atoms with van der Waals surface area (Å²) in [4.78, 5) is 0. The molecule has 2 atom stereocenters. The summed E-state index contributed by atoms with van der Waals surface area (Å²) < 4.78 is 6.09. The van der Waals surface area contributed by atoms with E-state index >= 15 is 0 Å². The highest BCUT2D eigenvalue weighted by Gasteiger charge is 2.39. The molecular formula is C15H29NOS. The molecule has 2 nitrogen and oxygen atoms in total. The van der Waals surface area contributed by atoms with E-state index in [4.69, 9.17) is 4.74 Å². The van der Waals surface area contributed by atoms with Gasteiger partial charge in [-0.25, -0.2) is 0 Å². The monoisotopic (exact) mass is 271 g/mol. The van der Waals surface area contributed by atoms with Crippen LogP contribution in [0.2, 0.25) is 0 Å². The molecule has 1 aliphatic carbocycles. The quantitative estimate of drug-likeness (QED) is 0.746. The molecule has 18 heavy (non-hydrogen) atoms. The van der Waals surface area contributed by atoms with E-state index in [1.807, 2.05) is 0 Å². The third-order valence-electron chi connectivity index (χ3n) is 4.43. The Morgan fingerprint density at radius 2 is 2.17 bits per heavy atom. The Labute approximate surface area is 117 Å². The molecule has 3 heteroatoms. The van der Waals surface area contributed by atoms with Crippen molar-refractivity contribution in [2.45, 2.75) is 76.5 Å². The second kappa shape index (κ2) is 7.16. The van der Waals surface area contributed by atoms with Crippen LogP contribution in [-0.4, -0.2) is 35.8 Å². The first kappa shape index (κ1) is 14.7. The maximum Gasteiger partial charge on any atom is 0.0697 e. The minimum absolute atomic E-state index is 0.258. The summed E-state index contributed by atoms with van der Waals surface area (Å²) in [7, 11) is 0. The number of hydrogen-bond donors (Lipinski definition) is 1. The van der Waals surface area contributed by atoms with Crippen molar-refractivity contribution in [1.82, 2.24) is 5.32 Å². The lowest BCUT2D eigenvalue weighted by Crippen LogP contribution is -2.48. The van der Waals surface area contributed by atoms with Gasteiger partial charge in [0.05, 0.1) is 5.60 Å². The van der Waals surface area contributed by atoms with E-state index in [-0.39, 0.29) is 5.60 Å². The molecule has 106 valence electrons. The molecule has 2 aliphatic rings. The average molecular weight is 271 g/mol. The standard InChI is InChI=1S/C15H29NOS/c1-3-18-11-7-13(2)16-14-6-10-17-15(12-14)8-4-5-9-15/h13-14,16H,3-12H2,1-2H3. The van der Waals surface area contributed by atoms with Gasteiger partial charge in [-0.15, -0.1) is 0 Å². The van der Waals surface area contributed by atoms with Crippen molar-refractivity contribution in [2.24, 2.45) is 0 Å². The van der Waals surface area contributed by atoms with Crippen LogP contribution in [-0.2, 0) is 4.74 Å². The second-order valence-electron chi connectivity index (χ2n) is 5.98. The molecule has 1 aliphatic heterocycles. The van der Waals surface area contributed by atoms with Crippen LogP contribution in [0.3, 0.4) is 0 Å². The maximum absolute atomic E-state index is 6.09. The van der Waals surface area contributed by atoms with Crippen LogP contribution in [0, 0.1) is 0 Å². The van der Waals surface area contributed by atoms with Crippen molar-refractivity contribution >= 4 is 11.8 Å². The first-order chi connectivity index (χ1) is 8.74. The normalized spacial score (nSPS) is 28.7. The van der Waals surface area contributed by atoms with Gasteiger partial charge in [0.25, 0.3) is 0 Å². The predicted octanol–water partition coefficient (Wildman–Crippen LogP) is 3.60. The molecule has 2 fully saturated rings. The minimum Gasteiger partial charge on any atom is -0.375 e. The summed E-state index contributed by atoms with van der Waals surface area (Å²) in [5, 5.41) is 3.84. The van der Waals surface area contributed by atoms with Gasteiger partial charge < -0.3 is 10.1 Å². The van der Waals surface area contributed by atoms with E-state index in [9.17, 15) is 0 Å². The predicted molar refractivity (Wildman–Crippen MR) is 80.4 cm³/mol. The molecule has 1 N–H and O–H groups in total. The van der Waals surface area contributed by atoms with Crippen molar-refractivity contribution in [3.05, 3.63) is 0 Å². The zero-order valence-electron chi connectivity index (χ0n) is 12.0. The number of thioether (sulfide) groups is 1. The second-order valence-corrected chi connectivity index (χ2v) is 7.38. The SMILES string of the molecule is CCSCCC(C)NC1CCOC2(CCCC2)C1. The van der Waals surface area contributed by atoms with Gasteiger partial charge in [0, 0.05) is 18.7 Å². The van der Waals surface area contributed by atoms with E-state index in [0.717, 1.165) is 6.61 Å². The van der Waals surface area contributed by atoms with Crippen LogP contribution in [0.1, 0.15) is 58.8 Å². The Balaban J connectivity index is 1.72. The first-order valence-corrected chi connectivity index (χ1v) is 8.87. The Morgan fingerprint density at radius 1 is 1.39 bits per heavy atom. The molecule has 1 heterocycles. The smallest absolute Gasteiger partial charge is 0.0697 e. The number of ether oxygens (including phenoxy) is 1. The van der Waals surface area contributed by atoms with Gasteiger partial charge in [-0.2, -0.15) is 11.8 Å². The molecule has 0 aromatic carbocycles. The Bertz CT molecular complexity index is 241. The van der Waals surface area contributed by atoms with Crippen LogP contribution >= 0.6 is 11.8 Å². The molecular weight excluding hydrogens is 242 g/mol. The lowest BCUT2D eigenvalue weighted by atomic mass is 9.88. The molecule has 1 saturated heterocycles. The van der Waals surface area contributed by atoms with Crippen LogP contribution in [0.25, 0.3) is 0 Å². The summed E-state index contributed by atoms with van der Waals surface area (Å²) in [6, 6.07) is 1.35. The zero-order chi connectivity index (χ0) is 12.8. The Kier molecular flexibility index (Phi) is 5.84. The molecule has 0 radical (unpaired) electrons. The van der Waals surface area contributed by atoms with E-state index < -0.39 is 0 Å². The summed E-state index contributed by atoms with van der Waals surface area (Å²) in [5.74, 6) is 2.53. The minimum atomic E-state index is 0.258. The number of hydrogen-bond acceptors (Lipinski definition) is 3. The Morgan fingerprint density at radius 3 is 2.89 bits per heavy atom. The van der Waals surface area contributed by atoms with Crippen LogP contribution in [0.5, 0.6) is 0 Å². The van der Waals surface area contributed by atoms with E-state index in [0.29, 0.717) is 12.1 Å². The molecule has 2 unspecified atom stereocenters. The molecule has 0 aromatic rings. The maximum atomic E-state index is 6.09. The van der Waals surface area contributed by atoms with E-state index in [2.05, 4.69) is 30.9 Å². The van der Waals surface area contributed by atoms with Gasteiger partial charge in [-0.1, -0.05) is 19.8 Å². The van der Waals surface area contributed by atoms with Crippen molar-refractivity contribution in [3.8, 4) is 0 Å². The number of nitrogens with one attached hydrogen (secondary N) is 1. The van der Waals surface area contributed by atoms with E-state index in [1.165, 1.54) is 56.5 Å². The van der Waals surface area contributed by atoms with Gasteiger partial charge in [0.15, 0.2) is 0 Å². The van der Waals surface area contributed by atoms with Gasteiger partial charge in [0.1, 0.15) is 0 Å². The third kappa shape index (κ3) is 4.14. The lowest BCUT2D eigenvalue weighted by molar-refractivity contribution is -0.0845. The van der Waals surface area contributed by atoms with Crippen LogP contribution in [0.4, 0.5) is 0 Å². The highest BCUT2D eigenvalue weighted by atomic mass is 32.2. The van der Waals surface area contributed by atoms with Crippen LogP contribution < -0.4 is 5.32 Å². The lowest BCUT2D eigenvalue weighted by Gasteiger charge is -2.39. The molecule has 1 spiro atoms. The van der Waals surface area contributed by atoms with Crippen molar-refractivity contribution in [1.29, 1.82) is 0 Å². The summed E-state index contributed by atoms with van der Waals surface area (Å²) in [5.41, 5.74) is 0.258. The molecule has 0 aromatic heterocycles. The van der Waals surface area contributed by atoms with Crippen molar-refractivity contribution in [3.63, 3.8) is 0 Å². The third-order valence-corrected chi connectivity index (χ3v) is 5.36. The molecule has 1 saturated carbocycles. The van der Waals surface area contributed by atoms with Gasteiger partial charge >= 0.3 is 0 Å². The fourth-order valence-electron chi connectivity index (χ4n) is 3.43. The van der Waals surface area contributed by atoms with Gasteiger partial charge in [-0.3, -0.25) is 0 Å². The molecule has 0 bridgehead atoms. The number of rotatable bonds is 6. The Hall–Kier alpha value is 0.270. The van der Waals surface area contributed by atoms with Gasteiger partial charge in [0.2, 0.25) is 0 Å². The van der Waals surface area contributed by atoms with E-state index in [1.54, 1.807) is 0 Å². The summed E-state index contributed by atoms with van der Waals surface area (Å²) >= 11 is 2.05. The van der Waals surface area contributed by atoms with Crippen LogP contribution in [0.15, 0.2) is 0 Å². The zero-order valence-corrected chi connectivity index (χ0v) is 12.9. The molecule has 2 rings (SSSR count). The first-order valence-electron chi connectivity index (χ1n) is 7.72. The topological polar surface area (TPSA) is 21.3 Å². The fraction of sp³-hybridized carbons (Fsp3) is 1.00. The van der Waals surface area contributed by atoms with Crippen molar-refractivity contribution < 1.29 is 4.74 Å². The largest absolute Gasteiger partial charge is 0.375 e. The summed E-state index contributed by atoms with van der Waals surface area (Å²) in [6.45, 7) is 5.55.